The fourth-order valence-corrected chi connectivity index (χ4v) is 8.86. The van der Waals surface area contributed by atoms with Gasteiger partial charge < -0.3 is 4.57 Å². The number of nitrogens with zero attached hydrogens (tertiary/aromatic N) is 2. The molecule has 0 radical (unpaired) electrons. The van der Waals surface area contributed by atoms with E-state index in [4.69, 9.17) is 0 Å². The summed E-state index contributed by atoms with van der Waals surface area (Å²) in [5.41, 5.74) is 5.17. The van der Waals surface area contributed by atoms with Gasteiger partial charge in [0.2, 0.25) is 10.0 Å². The molecule has 2 aliphatic carbocycles. The van der Waals surface area contributed by atoms with Crippen LogP contribution in [-0.4, -0.2) is 28.8 Å². The van der Waals surface area contributed by atoms with Crippen LogP contribution < -0.4 is 4.72 Å². The summed E-state index contributed by atoms with van der Waals surface area (Å²) in [5, 5.41) is -0.257. The second-order valence-electron chi connectivity index (χ2n) is 10.3. The maximum atomic E-state index is 13.3. The van der Waals surface area contributed by atoms with E-state index in [-0.39, 0.29) is 16.6 Å². The van der Waals surface area contributed by atoms with E-state index in [9.17, 15) is 12.8 Å². The van der Waals surface area contributed by atoms with Gasteiger partial charge in [0, 0.05) is 23.0 Å². The molecule has 1 saturated heterocycles. The first-order valence-corrected chi connectivity index (χ1v) is 13.9. The van der Waals surface area contributed by atoms with Crippen molar-refractivity contribution in [3.63, 3.8) is 0 Å². The molecule has 3 aromatic rings. The smallest absolute Gasteiger partial charge is 0.215 e. The molecule has 178 valence electrons. The van der Waals surface area contributed by atoms with Gasteiger partial charge in [0.15, 0.2) is 0 Å². The van der Waals surface area contributed by atoms with Crippen molar-refractivity contribution in [3.8, 4) is 16.9 Å². The van der Waals surface area contributed by atoms with Crippen LogP contribution in [0.2, 0.25) is 0 Å². The van der Waals surface area contributed by atoms with Crippen molar-refractivity contribution in [2.75, 3.05) is 0 Å². The average Bonchev–Trinajstić information content (AvgIpc) is 3.45. The molecular formula is C27H30FN3O2S. The van der Waals surface area contributed by atoms with Crippen molar-refractivity contribution in [1.29, 1.82) is 0 Å². The molecule has 4 atom stereocenters. The lowest BCUT2D eigenvalue weighted by molar-refractivity contribution is 0.223. The lowest BCUT2D eigenvalue weighted by Crippen LogP contribution is -2.50. The Bertz CT molecular complexity index is 1330. The van der Waals surface area contributed by atoms with Gasteiger partial charge in [-0.25, -0.2) is 22.5 Å². The monoisotopic (exact) mass is 479 g/mol. The third-order valence-corrected chi connectivity index (χ3v) is 10.4. The normalized spacial score (nSPS) is 29.3. The summed E-state index contributed by atoms with van der Waals surface area (Å²) in [6.07, 6.45) is 10.1. The van der Waals surface area contributed by atoms with Crippen LogP contribution in [0.15, 0.2) is 55.0 Å². The van der Waals surface area contributed by atoms with Gasteiger partial charge in [-0.05, 0) is 91.8 Å². The molecule has 3 aliphatic rings. The maximum Gasteiger partial charge on any atom is 0.215 e. The number of halogens is 1. The van der Waals surface area contributed by atoms with Crippen molar-refractivity contribution >= 4 is 10.0 Å². The van der Waals surface area contributed by atoms with Gasteiger partial charge in [-0.3, -0.25) is 0 Å². The molecule has 1 aromatic heterocycles. The van der Waals surface area contributed by atoms with Gasteiger partial charge in [0.1, 0.15) is 5.82 Å². The molecule has 2 aromatic carbocycles. The number of imidazole rings is 1. The lowest BCUT2D eigenvalue weighted by atomic mass is 9.76. The van der Waals surface area contributed by atoms with E-state index in [2.05, 4.69) is 34.8 Å². The highest BCUT2D eigenvalue weighted by atomic mass is 32.2. The minimum atomic E-state index is -3.25. The third kappa shape index (κ3) is 3.52. The highest BCUT2D eigenvalue weighted by Gasteiger charge is 2.59. The van der Waals surface area contributed by atoms with Gasteiger partial charge >= 0.3 is 0 Å². The summed E-state index contributed by atoms with van der Waals surface area (Å²) in [4.78, 5) is 4.60. The predicted octanol–water partition coefficient (Wildman–Crippen LogP) is 5.03. The number of fused-ring (bicyclic) bond motifs is 1. The van der Waals surface area contributed by atoms with Crippen molar-refractivity contribution in [1.82, 2.24) is 14.3 Å². The third-order valence-electron chi connectivity index (χ3n) is 8.41. The second kappa shape index (κ2) is 8.02. The summed E-state index contributed by atoms with van der Waals surface area (Å²) in [6.45, 7) is 2.07. The van der Waals surface area contributed by atoms with E-state index in [0.717, 1.165) is 61.9 Å². The average molecular weight is 480 g/mol. The van der Waals surface area contributed by atoms with Gasteiger partial charge in [-0.15, -0.1) is 0 Å². The second-order valence-corrected chi connectivity index (χ2v) is 12.3. The number of hydrogen-bond donors (Lipinski definition) is 1. The standard InChI is InChI=1S/C27H30FN3O2S/c1-2-3-25-15-27(30-34(25,32)33)21-6-7-22(27)14-20-12-19(5-4-18(20)13-21)26-16-31(17-29-26)24-10-8-23(28)9-11-24/h4-5,8-12,16-17,21-22,25,30H,2-3,6-7,13-15H2,1H3/t21-,22?,25?,27+/m0/s1. The zero-order valence-electron chi connectivity index (χ0n) is 19.4. The first-order valence-electron chi connectivity index (χ1n) is 12.3. The minimum Gasteiger partial charge on any atom is -0.306 e. The predicted molar refractivity (Wildman–Crippen MR) is 131 cm³/mol. The Hall–Kier alpha value is -2.51. The summed E-state index contributed by atoms with van der Waals surface area (Å²) < 4.78 is 44.3. The fourth-order valence-electron chi connectivity index (χ4n) is 6.71. The Morgan fingerprint density at radius 2 is 1.82 bits per heavy atom. The van der Waals surface area contributed by atoms with Crippen molar-refractivity contribution in [2.24, 2.45) is 11.8 Å². The van der Waals surface area contributed by atoms with Crippen LogP contribution >= 0.6 is 0 Å². The number of sulfonamides is 1. The van der Waals surface area contributed by atoms with E-state index in [1.54, 1.807) is 18.5 Å². The first-order chi connectivity index (χ1) is 16.4. The molecule has 5 nitrogen and oxygen atoms in total. The molecule has 1 spiro atoms. The Kier molecular flexibility index (Phi) is 5.19. The van der Waals surface area contributed by atoms with Crippen LogP contribution in [0.1, 0.15) is 50.2 Å². The maximum absolute atomic E-state index is 13.3. The zero-order chi connectivity index (χ0) is 23.5. The van der Waals surface area contributed by atoms with Crippen LogP contribution in [-0.2, 0) is 22.9 Å². The van der Waals surface area contributed by atoms with E-state index >= 15 is 0 Å². The summed E-state index contributed by atoms with van der Waals surface area (Å²) in [5.74, 6) is 0.439. The Labute approximate surface area is 200 Å². The van der Waals surface area contributed by atoms with Crippen LogP contribution in [0.4, 0.5) is 4.39 Å². The van der Waals surface area contributed by atoms with Crippen molar-refractivity contribution in [3.05, 3.63) is 71.9 Å². The summed E-state index contributed by atoms with van der Waals surface area (Å²) in [7, 11) is -3.25. The Morgan fingerprint density at radius 1 is 1.09 bits per heavy atom. The largest absolute Gasteiger partial charge is 0.306 e. The topological polar surface area (TPSA) is 64.0 Å². The number of hydrogen-bond acceptors (Lipinski definition) is 3. The van der Waals surface area contributed by atoms with Gasteiger partial charge in [0.25, 0.3) is 0 Å². The van der Waals surface area contributed by atoms with Crippen LogP contribution in [0.25, 0.3) is 16.9 Å². The van der Waals surface area contributed by atoms with Gasteiger partial charge in [-0.1, -0.05) is 25.5 Å². The fraction of sp³-hybridized carbons (Fsp3) is 0.444. The number of nitrogens with one attached hydrogen (secondary N) is 1. The lowest BCUT2D eigenvalue weighted by Gasteiger charge is -2.34. The summed E-state index contributed by atoms with van der Waals surface area (Å²) >= 11 is 0. The molecule has 0 amide bonds. The quantitative estimate of drug-likeness (QED) is 0.571. The minimum absolute atomic E-state index is 0.257. The molecule has 2 bridgehead atoms. The molecule has 2 heterocycles. The molecule has 2 unspecified atom stereocenters. The van der Waals surface area contributed by atoms with Crippen molar-refractivity contribution < 1.29 is 12.8 Å². The Morgan fingerprint density at radius 3 is 2.56 bits per heavy atom. The Balaban J connectivity index is 1.30. The number of aromatic nitrogens is 2. The van der Waals surface area contributed by atoms with Crippen molar-refractivity contribution in [2.45, 2.75) is 62.7 Å². The van der Waals surface area contributed by atoms with Crippen LogP contribution in [0, 0.1) is 17.7 Å². The molecular weight excluding hydrogens is 449 g/mol. The molecule has 7 heteroatoms. The SMILES string of the molecule is CCCC1C[C@]2(NS1(=O)=O)C1CC[C@H]2Cc2ccc(-c3cn(-c4ccc(F)cc4)cn3)cc2C1. The molecule has 6 rings (SSSR count). The molecule has 2 fully saturated rings. The summed E-state index contributed by atoms with van der Waals surface area (Å²) in [6, 6.07) is 13.0. The highest BCUT2D eigenvalue weighted by Crippen LogP contribution is 2.53. The van der Waals surface area contributed by atoms with Gasteiger partial charge in [0.05, 0.1) is 17.3 Å². The van der Waals surface area contributed by atoms with E-state index in [0.29, 0.717) is 11.8 Å². The number of rotatable bonds is 4. The highest BCUT2D eigenvalue weighted by molar-refractivity contribution is 7.90. The van der Waals surface area contributed by atoms with E-state index < -0.39 is 10.0 Å². The first kappa shape index (κ1) is 22.0. The van der Waals surface area contributed by atoms with E-state index in [1.807, 2.05) is 10.8 Å². The van der Waals surface area contributed by atoms with Crippen LogP contribution in [0.5, 0.6) is 0 Å². The number of benzene rings is 2. The molecule has 34 heavy (non-hydrogen) atoms. The molecule has 1 aliphatic heterocycles. The zero-order valence-corrected chi connectivity index (χ0v) is 20.2. The molecule has 1 N–H and O–H groups in total. The van der Waals surface area contributed by atoms with Crippen LogP contribution in [0.3, 0.4) is 0 Å². The molecule has 1 saturated carbocycles. The van der Waals surface area contributed by atoms with Gasteiger partial charge in [-0.2, -0.15) is 0 Å². The van der Waals surface area contributed by atoms with E-state index in [1.165, 1.54) is 23.3 Å².